The highest BCUT2D eigenvalue weighted by molar-refractivity contribution is 7.89. The van der Waals surface area contributed by atoms with E-state index >= 15 is 0 Å². The Morgan fingerprint density at radius 2 is 2.16 bits per heavy atom. The quantitative estimate of drug-likeness (QED) is 0.880. The van der Waals surface area contributed by atoms with Crippen LogP contribution in [0, 0.1) is 0 Å². The fourth-order valence-corrected chi connectivity index (χ4v) is 3.15. The van der Waals surface area contributed by atoms with Gasteiger partial charge in [0.15, 0.2) is 5.58 Å². The lowest BCUT2D eigenvalue weighted by atomic mass is 10.3. The van der Waals surface area contributed by atoms with Crippen LogP contribution in [0.15, 0.2) is 33.9 Å². The highest BCUT2D eigenvalue weighted by atomic mass is 35.5. The third-order valence-corrected chi connectivity index (χ3v) is 4.16. The summed E-state index contributed by atoms with van der Waals surface area (Å²) < 4.78 is 32.0. The van der Waals surface area contributed by atoms with Gasteiger partial charge in [0.2, 0.25) is 0 Å². The van der Waals surface area contributed by atoms with E-state index in [1.807, 2.05) is 0 Å². The number of nitrogens with zero attached hydrogens (tertiary/aromatic N) is 1. The van der Waals surface area contributed by atoms with Gasteiger partial charge in [0.1, 0.15) is 5.52 Å². The van der Waals surface area contributed by atoms with Crippen molar-refractivity contribution in [3.05, 3.63) is 24.3 Å². The van der Waals surface area contributed by atoms with Crippen molar-refractivity contribution in [3.63, 3.8) is 0 Å². The molecule has 1 saturated heterocycles. The summed E-state index contributed by atoms with van der Waals surface area (Å²) in [7, 11) is -3.67. The van der Waals surface area contributed by atoms with E-state index in [0.717, 1.165) is 13.0 Å². The van der Waals surface area contributed by atoms with E-state index in [0.29, 0.717) is 17.6 Å². The molecule has 0 bridgehead atoms. The summed E-state index contributed by atoms with van der Waals surface area (Å²) >= 11 is 0. The van der Waals surface area contributed by atoms with Crippen LogP contribution in [0.5, 0.6) is 0 Å². The van der Waals surface area contributed by atoms with Crippen LogP contribution in [0.1, 0.15) is 6.42 Å². The number of benzene rings is 1. The summed E-state index contributed by atoms with van der Waals surface area (Å²) in [6, 6.07) is 6.88. The van der Waals surface area contributed by atoms with Gasteiger partial charge < -0.3 is 9.73 Å². The number of hydrogen-bond donors (Lipinski definition) is 2. The Bertz CT molecular complexity index is 632. The summed E-state index contributed by atoms with van der Waals surface area (Å²) in [4.78, 5) is 3.99. The second-order valence-corrected chi connectivity index (χ2v) is 5.85. The van der Waals surface area contributed by atoms with Crippen molar-refractivity contribution in [2.24, 2.45) is 0 Å². The number of rotatable bonds is 3. The highest BCUT2D eigenvalue weighted by Crippen LogP contribution is 2.18. The number of hydrogen-bond acceptors (Lipinski definition) is 5. The van der Waals surface area contributed by atoms with Gasteiger partial charge in [0.25, 0.3) is 10.0 Å². The molecule has 2 heterocycles. The van der Waals surface area contributed by atoms with Gasteiger partial charge in [-0.15, -0.1) is 12.4 Å². The zero-order valence-electron chi connectivity index (χ0n) is 10.00. The number of sulfonamides is 1. The molecule has 2 aromatic rings. The van der Waals surface area contributed by atoms with Gasteiger partial charge in [0, 0.05) is 12.6 Å². The predicted molar refractivity (Wildman–Crippen MR) is 72.9 cm³/mol. The number of aromatic nitrogens is 1. The van der Waals surface area contributed by atoms with Crippen LogP contribution in [0.3, 0.4) is 0 Å². The molecule has 1 aromatic carbocycles. The van der Waals surface area contributed by atoms with Gasteiger partial charge in [-0.2, -0.15) is 4.98 Å². The Balaban J connectivity index is 0.00000133. The first kappa shape index (κ1) is 14.3. The van der Waals surface area contributed by atoms with Gasteiger partial charge in [-0.25, -0.2) is 13.1 Å². The Morgan fingerprint density at radius 1 is 1.37 bits per heavy atom. The largest absolute Gasteiger partial charge is 0.427 e. The lowest BCUT2D eigenvalue weighted by Crippen LogP contribution is -2.36. The van der Waals surface area contributed by atoms with Gasteiger partial charge in [0.05, 0.1) is 0 Å². The summed E-state index contributed by atoms with van der Waals surface area (Å²) in [6.45, 7) is 1.46. The fourth-order valence-electron chi connectivity index (χ4n) is 1.99. The molecule has 0 saturated carbocycles. The topological polar surface area (TPSA) is 84.2 Å². The molecule has 1 aromatic heterocycles. The van der Waals surface area contributed by atoms with E-state index in [-0.39, 0.29) is 23.7 Å². The third kappa shape index (κ3) is 2.89. The summed E-state index contributed by atoms with van der Waals surface area (Å²) in [5.41, 5.74) is 1.02. The second-order valence-electron chi connectivity index (χ2n) is 4.26. The van der Waals surface area contributed by atoms with Crippen molar-refractivity contribution >= 4 is 33.5 Å². The Morgan fingerprint density at radius 3 is 2.84 bits per heavy atom. The molecule has 3 rings (SSSR count). The molecule has 0 amide bonds. The first-order chi connectivity index (χ1) is 8.65. The molecule has 0 spiro atoms. The summed E-state index contributed by atoms with van der Waals surface area (Å²) in [5.74, 6) is 0. The zero-order valence-corrected chi connectivity index (χ0v) is 11.6. The first-order valence-electron chi connectivity index (χ1n) is 5.74. The van der Waals surface area contributed by atoms with Crippen molar-refractivity contribution < 1.29 is 12.8 Å². The standard InChI is InChI=1S/C11H13N3O3S.ClH/c15-18(16,14-8-5-6-12-7-8)11-13-9-3-1-2-4-10(9)17-11;/h1-4,8,12,14H,5-7H2;1H/t8-;/m1./s1. The lowest BCUT2D eigenvalue weighted by molar-refractivity contribution is 0.448. The van der Waals surface area contributed by atoms with E-state index in [1.165, 1.54) is 0 Å². The maximum atomic E-state index is 12.1. The predicted octanol–water partition coefficient (Wildman–Crippen LogP) is 0.890. The molecular formula is C11H14ClN3O3S. The third-order valence-electron chi connectivity index (χ3n) is 2.89. The van der Waals surface area contributed by atoms with Crippen LogP contribution < -0.4 is 10.0 Å². The van der Waals surface area contributed by atoms with Crippen molar-refractivity contribution in [2.45, 2.75) is 17.7 Å². The van der Waals surface area contributed by atoms with Crippen LogP contribution in [0.25, 0.3) is 11.1 Å². The summed E-state index contributed by atoms with van der Waals surface area (Å²) in [6.07, 6.45) is 0.777. The maximum absolute atomic E-state index is 12.1. The zero-order chi connectivity index (χ0) is 12.6. The molecule has 19 heavy (non-hydrogen) atoms. The van der Waals surface area contributed by atoms with E-state index in [1.54, 1.807) is 24.3 Å². The van der Waals surface area contributed by atoms with Crippen molar-refractivity contribution in [1.82, 2.24) is 15.0 Å². The highest BCUT2D eigenvalue weighted by Gasteiger charge is 2.26. The van der Waals surface area contributed by atoms with Crippen molar-refractivity contribution in [2.75, 3.05) is 13.1 Å². The van der Waals surface area contributed by atoms with Crippen LogP contribution >= 0.6 is 12.4 Å². The first-order valence-corrected chi connectivity index (χ1v) is 7.22. The van der Waals surface area contributed by atoms with Crippen LogP contribution in [-0.2, 0) is 10.0 Å². The number of fused-ring (bicyclic) bond motifs is 1. The average molecular weight is 304 g/mol. The number of nitrogens with one attached hydrogen (secondary N) is 2. The molecule has 2 N–H and O–H groups in total. The minimum absolute atomic E-state index is 0. The number of para-hydroxylation sites is 2. The Hall–Kier alpha value is -1.15. The molecule has 104 valence electrons. The molecule has 1 atom stereocenters. The van der Waals surface area contributed by atoms with E-state index < -0.39 is 10.0 Å². The smallest absolute Gasteiger partial charge is 0.331 e. The SMILES string of the molecule is Cl.O=S(=O)(N[C@@H]1CCNC1)c1nc2ccccc2o1. The normalized spacial score (nSPS) is 19.5. The molecule has 0 unspecified atom stereocenters. The van der Waals surface area contributed by atoms with Crippen molar-refractivity contribution in [3.8, 4) is 0 Å². The molecule has 0 aliphatic carbocycles. The minimum Gasteiger partial charge on any atom is -0.427 e. The summed E-state index contributed by atoms with van der Waals surface area (Å²) in [5, 5.41) is 2.83. The number of oxazole rings is 1. The minimum atomic E-state index is -3.67. The van der Waals surface area contributed by atoms with Crippen LogP contribution in [0.4, 0.5) is 0 Å². The van der Waals surface area contributed by atoms with E-state index in [4.69, 9.17) is 4.42 Å². The molecule has 1 aliphatic heterocycles. The van der Waals surface area contributed by atoms with Gasteiger partial charge in [-0.1, -0.05) is 12.1 Å². The average Bonchev–Trinajstić information content (AvgIpc) is 2.96. The molecule has 1 fully saturated rings. The lowest BCUT2D eigenvalue weighted by Gasteiger charge is -2.08. The van der Waals surface area contributed by atoms with E-state index in [9.17, 15) is 8.42 Å². The molecule has 1 aliphatic rings. The monoisotopic (exact) mass is 303 g/mol. The molecular weight excluding hydrogens is 290 g/mol. The molecule has 8 heteroatoms. The maximum Gasteiger partial charge on any atom is 0.331 e. The van der Waals surface area contributed by atoms with Gasteiger partial charge >= 0.3 is 5.22 Å². The van der Waals surface area contributed by atoms with Crippen LogP contribution in [-0.4, -0.2) is 32.5 Å². The Labute approximate surface area is 117 Å². The molecule has 0 radical (unpaired) electrons. The van der Waals surface area contributed by atoms with E-state index in [2.05, 4.69) is 15.0 Å². The number of halogens is 1. The Kier molecular flexibility index (Phi) is 4.10. The van der Waals surface area contributed by atoms with Crippen molar-refractivity contribution in [1.29, 1.82) is 0 Å². The van der Waals surface area contributed by atoms with Gasteiger partial charge in [-0.3, -0.25) is 0 Å². The second kappa shape index (κ2) is 5.46. The fraction of sp³-hybridized carbons (Fsp3) is 0.364. The van der Waals surface area contributed by atoms with Crippen LogP contribution in [0.2, 0.25) is 0 Å². The molecule has 6 nitrogen and oxygen atoms in total. The van der Waals surface area contributed by atoms with Gasteiger partial charge in [-0.05, 0) is 25.1 Å².